The van der Waals surface area contributed by atoms with Gasteiger partial charge >= 0.3 is 0 Å². The lowest BCUT2D eigenvalue weighted by atomic mass is 9.93. The zero-order valence-electron chi connectivity index (χ0n) is 12.5. The summed E-state index contributed by atoms with van der Waals surface area (Å²) in [6.07, 6.45) is 4.71. The molecule has 0 saturated carbocycles. The van der Waals surface area contributed by atoms with Crippen LogP contribution in [0, 0.1) is 6.92 Å². The van der Waals surface area contributed by atoms with Gasteiger partial charge in [-0.15, -0.1) is 0 Å². The molecule has 0 saturated heterocycles. The molecule has 0 bridgehead atoms. The highest BCUT2D eigenvalue weighted by molar-refractivity contribution is 5.38. The maximum atomic E-state index is 6.26. The molecule has 0 radical (unpaired) electrons. The van der Waals surface area contributed by atoms with Crippen molar-refractivity contribution in [3.05, 3.63) is 52.8 Å². The summed E-state index contributed by atoms with van der Waals surface area (Å²) in [5.74, 6) is 1.05. The molecule has 2 aromatic rings. The van der Waals surface area contributed by atoms with Crippen molar-refractivity contribution >= 4 is 0 Å². The van der Waals surface area contributed by atoms with Gasteiger partial charge in [-0.25, -0.2) is 0 Å². The number of aromatic nitrogens is 1. The maximum Gasteiger partial charge on any atom is 0.123 e. The maximum absolute atomic E-state index is 6.26. The summed E-state index contributed by atoms with van der Waals surface area (Å²) in [7, 11) is 0. The number of fused-ring (bicyclic) bond motifs is 2. The number of nitrogens with two attached hydrogens (primary N) is 1. The Morgan fingerprint density at radius 2 is 2.19 bits per heavy atom. The van der Waals surface area contributed by atoms with E-state index in [0.717, 1.165) is 31.6 Å². The number of hydrogen-bond donors (Lipinski definition) is 1. The zero-order chi connectivity index (χ0) is 14.4. The Hall–Kier alpha value is -1.74. The van der Waals surface area contributed by atoms with Crippen molar-refractivity contribution in [2.24, 2.45) is 5.73 Å². The fourth-order valence-electron chi connectivity index (χ4n) is 3.81. The summed E-state index contributed by atoms with van der Waals surface area (Å²) >= 11 is 0. The van der Waals surface area contributed by atoms with Gasteiger partial charge in [0.25, 0.3) is 0 Å². The van der Waals surface area contributed by atoms with Crippen LogP contribution in [0.15, 0.2) is 30.3 Å². The largest absolute Gasteiger partial charge is 0.488 e. The number of aryl methyl sites for hydroxylation is 1. The van der Waals surface area contributed by atoms with Gasteiger partial charge in [-0.05, 0) is 49.4 Å². The lowest BCUT2D eigenvalue weighted by molar-refractivity contribution is 0.206. The first-order valence-electron chi connectivity index (χ1n) is 7.91. The van der Waals surface area contributed by atoms with Gasteiger partial charge in [0.05, 0.1) is 6.54 Å². The fourth-order valence-corrected chi connectivity index (χ4v) is 3.81. The van der Waals surface area contributed by atoms with E-state index in [2.05, 4.69) is 35.8 Å². The molecular formula is C18H22N2O. The third kappa shape index (κ3) is 2.16. The van der Waals surface area contributed by atoms with Gasteiger partial charge in [0.1, 0.15) is 11.9 Å². The molecule has 0 amide bonds. The van der Waals surface area contributed by atoms with E-state index >= 15 is 0 Å². The summed E-state index contributed by atoms with van der Waals surface area (Å²) in [6, 6.07) is 10.9. The van der Waals surface area contributed by atoms with E-state index in [9.17, 15) is 0 Å². The van der Waals surface area contributed by atoms with Crippen LogP contribution in [0.2, 0.25) is 0 Å². The van der Waals surface area contributed by atoms with Gasteiger partial charge in [0, 0.05) is 23.9 Å². The SMILES string of the molecule is Cc1cc2c(n1CC1Cc3ccccc3O1)CCCC2N. The number of ether oxygens (including phenoxy) is 1. The Labute approximate surface area is 125 Å². The average molecular weight is 282 g/mol. The van der Waals surface area contributed by atoms with E-state index < -0.39 is 0 Å². The highest BCUT2D eigenvalue weighted by Crippen LogP contribution is 2.33. The first-order chi connectivity index (χ1) is 10.2. The van der Waals surface area contributed by atoms with E-state index in [1.165, 1.54) is 28.9 Å². The molecule has 1 aromatic carbocycles. The van der Waals surface area contributed by atoms with Crippen LogP contribution < -0.4 is 10.5 Å². The summed E-state index contributed by atoms with van der Waals surface area (Å²) in [6.45, 7) is 3.12. The normalized spacial score (nSPS) is 23.5. The molecule has 0 fully saturated rings. The predicted molar refractivity (Wildman–Crippen MR) is 83.6 cm³/mol. The lowest BCUT2D eigenvalue weighted by Crippen LogP contribution is -2.24. The summed E-state index contributed by atoms with van der Waals surface area (Å²) in [5, 5.41) is 0. The highest BCUT2D eigenvalue weighted by Gasteiger charge is 2.27. The smallest absolute Gasteiger partial charge is 0.123 e. The monoisotopic (exact) mass is 282 g/mol. The summed E-state index contributed by atoms with van der Waals surface area (Å²) in [4.78, 5) is 0. The molecule has 2 aliphatic rings. The molecule has 2 unspecified atom stereocenters. The van der Waals surface area contributed by atoms with Crippen molar-refractivity contribution in [3.8, 4) is 5.75 Å². The minimum absolute atomic E-state index is 0.218. The Balaban J connectivity index is 1.59. The Bertz CT molecular complexity index is 649. The molecule has 2 atom stereocenters. The second kappa shape index (κ2) is 4.92. The predicted octanol–water partition coefficient (Wildman–Crippen LogP) is 3.14. The van der Waals surface area contributed by atoms with Crippen LogP contribution in [0.1, 0.15) is 41.4 Å². The highest BCUT2D eigenvalue weighted by atomic mass is 16.5. The van der Waals surface area contributed by atoms with Crippen LogP contribution in [0.25, 0.3) is 0 Å². The van der Waals surface area contributed by atoms with Crippen LogP contribution in [0.3, 0.4) is 0 Å². The quantitative estimate of drug-likeness (QED) is 0.919. The number of hydrogen-bond acceptors (Lipinski definition) is 2. The molecule has 1 aromatic heterocycles. The molecule has 2 heterocycles. The molecule has 1 aliphatic heterocycles. The van der Waals surface area contributed by atoms with Crippen molar-refractivity contribution in [3.63, 3.8) is 0 Å². The molecule has 4 rings (SSSR count). The number of para-hydroxylation sites is 1. The second-order valence-electron chi connectivity index (χ2n) is 6.35. The Morgan fingerprint density at radius 3 is 3.05 bits per heavy atom. The molecule has 21 heavy (non-hydrogen) atoms. The Kier molecular flexibility index (Phi) is 3.03. The van der Waals surface area contributed by atoms with Crippen LogP contribution in [0.5, 0.6) is 5.75 Å². The van der Waals surface area contributed by atoms with Crippen LogP contribution >= 0.6 is 0 Å². The minimum Gasteiger partial charge on any atom is -0.488 e. The van der Waals surface area contributed by atoms with E-state index in [-0.39, 0.29) is 12.1 Å². The van der Waals surface area contributed by atoms with Gasteiger partial charge in [0.2, 0.25) is 0 Å². The zero-order valence-corrected chi connectivity index (χ0v) is 12.5. The third-order valence-corrected chi connectivity index (χ3v) is 4.88. The van der Waals surface area contributed by atoms with Gasteiger partial charge < -0.3 is 15.0 Å². The number of nitrogens with zero attached hydrogens (tertiary/aromatic N) is 1. The van der Waals surface area contributed by atoms with Crippen molar-refractivity contribution in [2.45, 2.75) is 51.3 Å². The first kappa shape index (κ1) is 13.0. The third-order valence-electron chi connectivity index (χ3n) is 4.88. The minimum atomic E-state index is 0.218. The molecule has 110 valence electrons. The fraction of sp³-hybridized carbons (Fsp3) is 0.444. The van der Waals surface area contributed by atoms with Crippen LogP contribution in [0.4, 0.5) is 0 Å². The van der Waals surface area contributed by atoms with E-state index in [0.29, 0.717) is 0 Å². The Morgan fingerprint density at radius 1 is 1.33 bits per heavy atom. The molecule has 0 spiro atoms. The average Bonchev–Trinajstić information content (AvgIpc) is 3.02. The lowest BCUT2D eigenvalue weighted by Gasteiger charge is -2.22. The van der Waals surface area contributed by atoms with Gasteiger partial charge in [0.15, 0.2) is 0 Å². The summed E-state index contributed by atoms with van der Waals surface area (Å²) in [5.41, 5.74) is 11.7. The van der Waals surface area contributed by atoms with Crippen LogP contribution in [-0.2, 0) is 19.4 Å². The standard InChI is InChI=1S/C18H22N2O/c1-12-9-15-16(19)6-4-7-17(15)20(12)11-14-10-13-5-2-3-8-18(13)21-14/h2-3,5,8-9,14,16H,4,6-7,10-11,19H2,1H3. The van der Waals surface area contributed by atoms with E-state index in [4.69, 9.17) is 10.5 Å². The number of benzene rings is 1. The summed E-state index contributed by atoms with van der Waals surface area (Å²) < 4.78 is 8.54. The van der Waals surface area contributed by atoms with Crippen molar-refractivity contribution in [1.29, 1.82) is 0 Å². The molecular weight excluding hydrogens is 260 g/mol. The second-order valence-corrected chi connectivity index (χ2v) is 6.35. The van der Waals surface area contributed by atoms with Crippen molar-refractivity contribution < 1.29 is 4.74 Å². The molecule has 1 aliphatic carbocycles. The van der Waals surface area contributed by atoms with Crippen molar-refractivity contribution in [1.82, 2.24) is 4.57 Å². The van der Waals surface area contributed by atoms with Gasteiger partial charge in [-0.1, -0.05) is 18.2 Å². The van der Waals surface area contributed by atoms with Gasteiger partial charge in [-0.2, -0.15) is 0 Å². The van der Waals surface area contributed by atoms with Gasteiger partial charge in [-0.3, -0.25) is 0 Å². The molecule has 2 N–H and O–H groups in total. The molecule has 3 nitrogen and oxygen atoms in total. The molecule has 3 heteroatoms. The van der Waals surface area contributed by atoms with Crippen molar-refractivity contribution in [2.75, 3.05) is 0 Å². The first-order valence-corrected chi connectivity index (χ1v) is 7.91. The number of rotatable bonds is 2. The van der Waals surface area contributed by atoms with E-state index in [1.54, 1.807) is 0 Å². The van der Waals surface area contributed by atoms with Crippen LogP contribution in [-0.4, -0.2) is 10.7 Å². The topological polar surface area (TPSA) is 40.2 Å². The van der Waals surface area contributed by atoms with E-state index in [1.807, 2.05) is 6.07 Å².